The van der Waals surface area contributed by atoms with Gasteiger partial charge in [-0.1, -0.05) is 12.1 Å². The summed E-state index contributed by atoms with van der Waals surface area (Å²) in [5.74, 6) is 0.209. The zero-order chi connectivity index (χ0) is 12.3. The molecule has 0 radical (unpaired) electrons. The molecular weight excluding hydrogens is 327 g/mol. The van der Waals surface area contributed by atoms with Crippen molar-refractivity contribution in [2.75, 3.05) is 13.1 Å². The number of carbonyl (C=O) groups is 1. The maximum absolute atomic E-state index is 12.3. The maximum Gasteiger partial charge on any atom is 0.254 e. The van der Waals surface area contributed by atoms with Gasteiger partial charge in [-0.05, 0) is 47.6 Å². The molecule has 1 fully saturated rings. The minimum absolute atomic E-state index is 0.0892. The minimum atomic E-state index is 0.0892. The first kappa shape index (κ1) is 12.4. The van der Waals surface area contributed by atoms with E-state index in [1.54, 1.807) is 0 Å². The second kappa shape index (κ2) is 5.50. The van der Waals surface area contributed by atoms with Crippen molar-refractivity contribution in [3.8, 4) is 6.07 Å². The predicted molar refractivity (Wildman–Crippen MR) is 73.4 cm³/mol. The minimum Gasteiger partial charge on any atom is -0.339 e. The number of nitriles is 1. The van der Waals surface area contributed by atoms with Crippen LogP contribution in [0.3, 0.4) is 0 Å². The first-order valence-electron chi connectivity index (χ1n) is 5.66. The molecule has 0 saturated carbocycles. The Bertz CT molecular complexity index is 459. The Balaban J connectivity index is 2.08. The number of carbonyl (C=O) groups excluding carboxylic acids is 1. The molecule has 0 aliphatic carbocycles. The molecule has 1 aliphatic rings. The molecule has 3 nitrogen and oxygen atoms in total. The molecule has 0 unspecified atom stereocenters. The third-order valence-electron chi connectivity index (χ3n) is 3.07. The van der Waals surface area contributed by atoms with Crippen LogP contribution in [-0.4, -0.2) is 23.9 Å². The van der Waals surface area contributed by atoms with Crippen LogP contribution < -0.4 is 0 Å². The molecule has 88 valence electrons. The summed E-state index contributed by atoms with van der Waals surface area (Å²) in [5, 5.41) is 8.82. The molecule has 1 aromatic rings. The van der Waals surface area contributed by atoms with E-state index in [0.29, 0.717) is 13.1 Å². The quantitative estimate of drug-likeness (QED) is 0.738. The zero-order valence-corrected chi connectivity index (χ0v) is 11.6. The van der Waals surface area contributed by atoms with Gasteiger partial charge in [-0.2, -0.15) is 5.26 Å². The molecule has 0 N–H and O–H groups in total. The summed E-state index contributed by atoms with van der Waals surface area (Å²) in [5.41, 5.74) is 0.767. The molecule has 1 aliphatic heterocycles. The van der Waals surface area contributed by atoms with Crippen LogP contribution in [0.5, 0.6) is 0 Å². The van der Waals surface area contributed by atoms with Gasteiger partial charge in [0.05, 0.1) is 11.6 Å². The summed E-state index contributed by atoms with van der Waals surface area (Å²) >= 11 is 2.18. The fourth-order valence-corrected chi connectivity index (χ4v) is 2.63. The summed E-state index contributed by atoms with van der Waals surface area (Å²) in [6.07, 6.45) is 1.59. The Labute approximate surface area is 115 Å². The molecule has 0 atom stereocenters. The Morgan fingerprint density at radius 3 is 2.59 bits per heavy atom. The average Bonchev–Trinajstić information content (AvgIpc) is 2.39. The molecule has 17 heavy (non-hydrogen) atoms. The van der Waals surface area contributed by atoms with Crippen molar-refractivity contribution in [3.05, 3.63) is 33.4 Å². The van der Waals surface area contributed by atoms with Gasteiger partial charge in [-0.15, -0.1) is 0 Å². The van der Waals surface area contributed by atoms with Crippen LogP contribution in [-0.2, 0) is 0 Å². The van der Waals surface area contributed by atoms with E-state index >= 15 is 0 Å². The van der Waals surface area contributed by atoms with Crippen molar-refractivity contribution >= 4 is 28.5 Å². The largest absolute Gasteiger partial charge is 0.339 e. The van der Waals surface area contributed by atoms with Gasteiger partial charge in [0.25, 0.3) is 5.91 Å². The summed E-state index contributed by atoms with van der Waals surface area (Å²) in [4.78, 5) is 14.1. The molecular formula is C13H13IN2O. The number of rotatable bonds is 1. The highest BCUT2D eigenvalue weighted by Gasteiger charge is 2.24. The number of nitrogens with zero attached hydrogens (tertiary/aromatic N) is 2. The van der Waals surface area contributed by atoms with Crippen molar-refractivity contribution in [2.24, 2.45) is 5.92 Å². The third kappa shape index (κ3) is 2.78. The number of piperidine rings is 1. The van der Waals surface area contributed by atoms with Crippen molar-refractivity contribution in [2.45, 2.75) is 12.8 Å². The summed E-state index contributed by atoms with van der Waals surface area (Å²) < 4.78 is 0.984. The van der Waals surface area contributed by atoms with Crippen molar-refractivity contribution in [1.82, 2.24) is 4.90 Å². The number of hydrogen-bond donors (Lipinski definition) is 0. The van der Waals surface area contributed by atoms with E-state index in [9.17, 15) is 4.79 Å². The lowest BCUT2D eigenvalue weighted by atomic mass is 9.98. The van der Waals surface area contributed by atoms with Gasteiger partial charge in [0.2, 0.25) is 0 Å². The van der Waals surface area contributed by atoms with E-state index < -0.39 is 0 Å². The van der Waals surface area contributed by atoms with Crippen LogP contribution in [0.4, 0.5) is 0 Å². The van der Waals surface area contributed by atoms with Crippen LogP contribution in [0.25, 0.3) is 0 Å². The normalized spacial score (nSPS) is 16.6. The highest BCUT2D eigenvalue weighted by atomic mass is 127. The molecule has 0 spiro atoms. The molecule has 1 amide bonds. The summed E-state index contributed by atoms with van der Waals surface area (Å²) in [6.45, 7) is 1.39. The van der Waals surface area contributed by atoms with Gasteiger partial charge in [0, 0.05) is 22.6 Å². The summed E-state index contributed by atoms with van der Waals surface area (Å²) in [7, 11) is 0. The van der Waals surface area contributed by atoms with Gasteiger partial charge >= 0.3 is 0 Å². The molecule has 0 bridgehead atoms. The lowest BCUT2D eigenvalue weighted by molar-refractivity contribution is 0.0706. The highest BCUT2D eigenvalue weighted by Crippen LogP contribution is 2.20. The maximum atomic E-state index is 12.3. The van der Waals surface area contributed by atoms with E-state index in [0.717, 1.165) is 22.0 Å². The Hall–Kier alpha value is -1.09. The fraction of sp³-hybridized carbons (Fsp3) is 0.385. The van der Waals surface area contributed by atoms with Gasteiger partial charge < -0.3 is 4.90 Å². The van der Waals surface area contributed by atoms with Crippen LogP contribution in [0.1, 0.15) is 23.2 Å². The standard InChI is InChI=1S/C13H13IN2O/c14-12-4-2-1-3-11(12)13(17)16-7-5-10(9-15)6-8-16/h1-4,10H,5-8H2. The van der Waals surface area contributed by atoms with E-state index in [2.05, 4.69) is 28.7 Å². The van der Waals surface area contributed by atoms with Crippen molar-refractivity contribution < 1.29 is 4.79 Å². The Morgan fingerprint density at radius 1 is 1.35 bits per heavy atom. The van der Waals surface area contributed by atoms with Crippen molar-refractivity contribution in [3.63, 3.8) is 0 Å². The van der Waals surface area contributed by atoms with E-state index in [1.807, 2.05) is 29.2 Å². The van der Waals surface area contributed by atoms with Crippen molar-refractivity contribution in [1.29, 1.82) is 5.26 Å². The zero-order valence-electron chi connectivity index (χ0n) is 9.40. The SMILES string of the molecule is N#CC1CCN(C(=O)c2ccccc2I)CC1. The number of hydrogen-bond acceptors (Lipinski definition) is 2. The number of benzene rings is 1. The first-order valence-corrected chi connectivity index (χ1v) is 6.73. The molecule has 4 heteroatoms. The molecule has 2 rings (SSSR count). The number of amides is 1. The lowest BCUT2D eigenvalue weighted by Gasteiger charge is -2.29. The summed E-state index contributed by atoms with van der Waals surface area (Å²) in [6, 6.07) is 9.89. The Kier molecular flexibility index (Phi) is 4.00. The molecule has 0 aromatic heterocycles. The third-order valence-corrected chi connectivity index (χ3v) is 4.01. The number of halogens is 1. The average molecular weight is 340 g/mol. The van der Waals surface area contributed by atoms with Crippen LogP contribution in [0, 0.1) is 20.8 Å². The monoisotopic (exact) mass is 340 g/mol. The Morgan fingerprint density at radius 2 is 2.00 bits per heavy atom. The lowest BCUT2D eigenvalue weighted by Crippen LogP contribution is -2.38. The van der Waals surface area contributed by atoms with E-state index in [1.165, 1.54) is 0 Å². The van der Waals surface area contributed by atoms with Gasteiger partial charge in [0.1, 0.15) is 0 Å². The van der Waals surface area contributed by atoms with Gasteiger partial charge in [-0.25, -0.2) is 0 Å². The highest BCUT2D eigenvalue weighted by molar-refractivity contribution is 14.1. The molecule has 1 heterocycles. The topological polar surface area (TPSA) is 44.1 Å². The first-order chi connectivity index (χ1) is 8.22. The van der Waals surface area contributed by atoms with Crippen LogP contribution in [0.2, 0.25) is 0 Å². The van der Waals surface area contributed by atoms with E-state index in [4.69, 9.17) is 5.26 Å². The second-order valence-electron chi connectivity index (χ2n) is 4.18. The fourth-order valence-electron chi connectivity index (χ4n) is 2.02. The van der Waals surface area contributed by atoms with Crippen LogP contribution >= 0.6 is 22.6 Å². The smallest absolute Gasteiger partial charge is 0.254 e. The number of likely N-dealkylation sites (tertiary alicyclic amines) is 1. The predicted octanol–water partition coefficient (Wildman–Crippen LogP) is 2.67. The molecule has 1 saturated heterocycles. The van der Waals surface area contributed by atoms with E-state index in [-0.39, 0.29) is 11.8 Å². The van der Waals surface area contributed by atoms with Crippen LogP contribution in [0.15, 0.2) is 24.3 Å². The molecule has 1 aromatic carbocycles. The van der Waals surface area contributed by atoms with Gasteiger partial charge in [-0.3, -0.25) is 4.79 Å². The van der Waals surface area contributed by atoms with Gasteiger partial charge in [0.15, 0.2) is 0 Å². The second-order valence-corrected chi connectivity index (χ2v) is 5.34.